The molecule has 2 N–H and O–H groups in total. The molecular weight excluding hydrogens is 492 g/mol. The number of hydrogen-bond donors (Lipinski definition) is 2. The lowest BCUT2D eigenvalue weighted by atomic mass is 9.78. The van der Waals surface area contributed by atoms with E-state index in [1.54, 1.807) is 0 Å². The van der Waals surface area contributed by atoms with Gasteiger partial charge in [-0.1, -0.05) is 90.8 Å². The van der Waals surface area contributed by atoms with Gasteiger partial charge in [-0.15, -0.1) is 0 Å². The minimum atomic E-state index is -0.000480. The highest BCUT2D eigenvalue weighted by Gasteiger charge is 2.23. The minimum absolute atomic E-state index is 0.000480. The molecule has 218 valence electrons. The molecule has 4 heteroatoms. The predicted octanol–water partition coefficient (Wildman–Crippen LogP) is 8.72. The molecule has 0 heterocycles. The number of fused-ring (bicyclic) bond motifs is 2. The van der Waals surface area contributed by atoms with E-state index in [0.29, 0.717) is 12.8 Å². The smallest absolute Gasteiger partial charge is 0.219 e. The molecule has 40 heavy (non-hydrogen) atoms. The van der Waals surface area contributed by atoms with Crippen molar-refractivity contribution in [1.29, 1.82) is 0 Å². The number of amides is 2. The van der Waals surface area contributed by atoms with Crippen molar-refractivity contribution in [1.82, 2.24) is 10.6 Å². The van der Waals surface area contributed by atoms with E-state index in [2.05, 4.69) is 101 Å². The monoisotopic (exact) mass is 544 g/mol. The molecule has 0 saturated carbocycles. The van der Waals surface area contributed by atoms with Gasteiger partial charge in [0.05, 0.1) is 0 Å². The Balaban J connectivity index is 1.69. The zero-order valence-corrected chi connectivity index (χ0v) is 25.9. The number of carbonyl (C=O) groups excluding carboxylic acids is 2. The molecule has 0 aliphatic rings. The number of unbranched alkanes of at least 4 members (excludes halogenated alkanes) is 2. The molecule has 3 rings (SSSR count). The fourth-order valence-corrected chi connectivity index (χ4v) is 5.50. The summed E-state index contributed by atoms with van der Waals surface area (Å²) in [4.78, 5) is 24.3. The van der Waals surface area contributed by atoms with Gasteiger partial charge < -0.3 is 10.6 Å². The highest BCUT2D eigenvalue weighted by molar-refractivity contribution is 5.98. The van der Waals surface area contributed by atoms with E-state index in [4.69, 9.17) is 0 Å². The SMILES string of the molecule is CCCCNC(=O)CCCC(C)(C)c1ccc2cc3ccc(C(C)(C)CCCC(=O)NCCCC)cc3cc2c1. The summed E-state index contributed by atoms with van der Waals surface area (Å²) in [6.45, 7) is 15.0. The first-order valence-electron chi connectivity index (χ1n) is 15.6. The van der Waals surface area contributed by atoms with Crippen molar-refractivity contribution < 1.29 is 9.59 Å². The summed E-state index contributed by atoms with van der Waals surface area (Å²) in [7, 11) is 0. The molecule has 3 aromatic rings. The standard InChI is InChI=1S/C36H52N2O2/c1-7-9-21-37-33(39)13-11-19-35(3,4)31-17-15-27-23-28-16-18-32(26-30(28)24-29(27)25-31)36(5,6)20-12-14-34(40)38-22-10-8-2/h15-18,23-26H,7-14,19-22H2,1-6H3,(H,37,39)(H,38,40). The first-order valence-corrected chi connectivity index (χ1v) is 15.6. The molecule has 4 nitrogen and oxygen atoms in total. The van der Waals surface area contributed by atoms with Gasteiger partial charge in [0.25, 0.3) is 0 Å². The second-order valence-electron chi connectivity index (χ2n) is 12.9. The zero-order valence-electron chi connectivity index (χ0n) is 25.9. The lowest BCUT2D eigenvalue weighted by Gasteiger charge is -2.26. The first kappa shape index (κ1) is 31.6. The van der Waals surface area contributed by atoms with E-state index in [9.17, 15) is 9.59 Å². The molecule has 0 unspecified atom stereocenters. The van der Waals surface area contributed by atoms with E-state index in [0.717, 1.165) is 64.5 Å². The summed E-state index contributed by atoms with van der Waals surface area (Å²) < 4.78 is 0. The molecule has 0 atom stereocenters. The third kappa shape index (κ3) is 9.08. The molecule has 0 bridgehead atoms. The Morgan fingerprint density at radius 2 is 0.975 bits per heavy atom. The van der Waals surface area contributed by atoms with E-state index in [-0.39, 0.29) is 22.6 Å². The highest BCUT2D eigenvalue weighted by atomic mass is 16.2. The Hall–Kier alpha value is -2.88. The fraction of sp³-hybridized carbons (Fsp3) is 0.556. The Morgan fingerprint density at radius 1 is 0.575 bits per heavy atom. The largest absolute Gasteiger partial charge is 0.356 e. The normalized spacial score (nSPS) is 12.2. The van der Waals surface area contributed by atoms with Crippen molar-refractivity contribution in [2.75, 3.05) is 13.1 Å². The van der Waals surface area contributed by atoms with E-state index in [1.807, 2.05) is 0 Å². The summed E-state index contributed by atoms with van der Waals surface area (Å²) in [5.74, 6) is 0.339. The van der Waals surface area contributed by atoms with Gasteiger partial charge in [-0.25, -0.2) is 0 Å². The number of carbonyl (C=O) groups is 2. The molecule has 0 radical (unpaired) electrons. The molecule has 0 spiro atoms. The van der Waals surface area contributed by atoms with Crippen LogP contribution >= 0.6 is 0 Å². The van der Waals surface area contributed by atoms with Crippen molar-refractivity contribution in [2.45, 2.75) is 117 Å². The van der Waals surface area contributed by atoms with Gasteiger partial charge in [-0.2, -0.15) is 0 Å². The van der Waals surface area contributed by atoms with Crippen LogP contribution in [0, 0.1) is 0 Å². The van der Waals surface area contributed by atoms with Crippen LogP contribution in [0.2, 0.25) is 0 Å². The summed E-state index contributed by atoms with van der Waals surface area (Å²) in [6.07, 6.45) is 9.19. The Labute approximate surface area is 242 Å². The highest BCUT2D eigenvalue weighted by Crippen LogP contribution is 2.35. The van der Waals surface area contributed by atoms with Gasteiger partial charge in [0.15, 0.2) is 0 Å². The van der Waals surface area contributed by atoms with Crippen LogP contribution < -0.4 is 10.6 Å². The Morgan fingerprint density at radius 3 is 1.38 bits per heavy atom. The van der Waals surface area contributed by atoms with E-state index in [1.165, 1.54) is 32.7 Å². The first-order chi connectivity index (χ1) is 19.1. The van der Waals surface area contributed by atoms with Crippen LogP contribution in [0.4, 0.5) is 0 Å². The lowest BCUT2D eigenvalue weighted by molar-refractivity contribution is -0.122. The maximum Gasteiger partial charge on any atom is 0.219 e. The van der Waals surface area contributed by atoms with Crippen molar-refractivity contribution in [3.63, 3.8) is 0 Å². The van der Waals surface area contributed by atoms with Crippen LogP contribution in [0.1, 0.15) is 117 Å². The van der Waals surface area contributed by atoms with Gasteiger partial charge in [0.2, 0.25) is 11.8 Å². The van der Waals surface area contributed by atoms with Crippen LogP contribution in [0.15, 0.2) is 48.5 Å². The maximum atomic E-state index is 12.1. The molecule has 0 aliphatic heterocycles. The Bertz CT molecular complexity index is 1180. The lowest BCUT2D eigenvalue weighted by Crippen LogP contribution is -2.25. The summed E-state index contributed by atoms with van der Waals surface area (Å²) in [6, 6.07) is 18.3. The van der Waals surface area contributed by atoms with Crippen LogP contribution in [-0.2, 0) is 20.4 Å². The zero-order chi connectivity index (χ0) is 29.2. The van der Waals surface area contributed by atoms with Crippen molar-refractivity contribution in [3.8, 4) is 0 Å². The summed E-state index contributed by atoms with van der Waals surface area (Å²) >= 11 is 0. The van der Waals surface area contributed by atoms with Crippen LogP contribution in [0.5, 0.6) is 0 Å². The van der Waals surface area contributed by atoms with Gasteiger partial charge >= 0.3 is 0 Å². The molecule has 3 aromatic carbocycles. The van der Waals surface area contributed by atoms with Gasteiger partial charge in [-0.3, -0.25) is 9.59 Å². The van der Waals surface area contributed by atoms with Crippen LogP contribution in [-0.4, -0.2) is 24.9 Å². The third-order valence-corrected chi connectivity index (χ3v) is 8.47. The number of nitrogens with one attached hydrogen (secondary N) is 2. The van der Waals surface area contributed by atoms with Gasteiger partial charge in [0, 0.05) is 25.9 Å². The molecule has 0 aromatic heterocycles. The predicted molar refractivity (Wildman–Crippen MR) is 171 cm³/mol. The Kier molecular flexibility index (Phi) is 11.6. The molecule has 2 amide bonds. The van der Waals surface area contributed by atoms with Crippen LogP contribution in [0.3, 0.4) is 0 Å². The molecule has 0 saturated heterocycles. The quantitative estimate of drug-likeness (QED) is 0.140. The van der Waals surface area contributed by atoms with Gasteiger partial charge in [0.1, 0.15) is 0 Å². The maximum absolute atomic E-state index is 12.1. The van der Waals surface area contributed by atoms with Crippen molar-refractivity contribution in [3.05, 3.63) is 59.7 Å². The van der Waals surface area contributed by atoms with Gasteiger partial charge in [-0.05, 0) is 94.2 Å². The van der Waals surface area contributed by atoms with Crippen LogP contribution in [0.25, 0.3) is 21.5 Å². The van der Waals surface area contributed by atoms with Crippen molar-refractivity contribution >= 4 is 33.4 Å². The van der Waals surface area contributed by atoms with E-state index < -0.39 is 0 Å². The van der Waals surface area contributed by atoms with E-state index >= 15 is 0 Å². The fourth-order valence-electron chi connectivity index (χ4n) is 5.50. The second-order valence-corrected chi connectivity index (χ2v) is 12.9. The van der Waals surface area contributed by atoms with Crippen molar-refractivity contribution in [2.24, 2.45) is 0 Å². The molecular formula is C36H52N2O2. The number of benzene rings is 3. The second kappa shape index (κ2) is 14.7. The number of hydrogen-bond acceptors (Lipinski definition) is 2. The third-order valence-electron chi connectivity index (χ3n) is 8.47. The number of rotatable bonds is 16. The topological polar surface area (TPSA) is 58.2 Å². The minimum Gasteiger partial charge on any atom is -0.356 e. The molecule has 0 fully saturated rings. The molecule has 0 aliphatic carbocycles. The summed E-state index contributed by atoms with van der Waals surface area (Å²) in [5, 5.41) is 11.1. The summed E-state index contributed by atoms with van der Waals surface area (Å²) in [5.41, 5.74) is 2.64. The average Bonchev–Trinajstić information content (AvgIpc) is 2.91. The average molecular weight is 545 g/mol.